The third kappa shape index (κ3) is 3.26. The summed E-state index contributed by atoms with van der Waals surface area (Å²) < 4.78 is 0. The van der Waals surface area contributed by atoms with Gasteiger partial charge in [0.2, 0.25) is 0 Å². The summed E-state index contributed by atoms with van der Waals surface area (Å²) in [6.07, 6.45) is 6.93. The zero-order chi connectivity index (χ0) is 17.1. The Labute approximate surface area is 146 Å². The Hall–Kier alpha value is -2.02. The van der Waals surface area contributed by atoms with Gasteiger partial charge in [-0.3, -0.25) is 0 Å². The van der Waals surface area contributed by atoms with E-state index in [1.54, 1.807) is 5.57 Å². The molecule has 126 valence electrons. The van der Waals surface area contributed by atoms with Crippen molar-refractivity contribution in [3.8, 4) is 0 Å². The molecule has 0 saturated carbocycles. The second-order valence-corrected chi connectivity index (χ2v) is 7.06. The molecule has 0 aliphatic heterocycles. The summed E-state index contributed by atoms with van der Waals surface area (Å²) in [5, 5.41) is 0. The molecule has 0 spiro atoms. The molecule has 0 fully saturated rings. The van der Waals surface area contributed by atoms with Crippen LogP contribution in [0.2, 0.25) is 0 Å². The highest BCUT2D eigenvalue weighted by Gasteiger charge is 2.21. The van der Waals surface area contributed by atoms with Gasteiger partial charge < -0.3 is 5.73 Å². The minimum absolute atomic E-state index is 0.878. The van der Waals surface area contributed by atoms with Gasteiger partial charge in [0.25, 0.3) is 0 Å². The van der Waals surface area contributed by atoms with Crippen LogP contribution in [0.1, 0.15) is 67.3 Å². The quantitative estimate of drug-likeness (QED) is 0.679. The fraction of sp³-hybridized carbons (Fsp3) is 0.391. The van der Waals surface area contributed by atoms with Gasteiger partial charge >= 0.3 is 0 Å². The summed E-state index contributed by atoms with van der Waals surface area (Å²) in [7, 11) is 0. The van der Waals surface area contributed by atoms with Gasteiger partial charge in [-0.15, -0.1) is 0 Å². The Morgan fingerprint density at radius 1 is 0.875 bits per heavy atom. The van der Waals surface area contributed by atoms with E-state index in [9.17, 15) is 0 Å². The first kappa shape index (κ1) is 16.8. The standard InChI is InChI=1S/C23H29N/c1-4-6-18(7-5-2)23-21-13-12-20(24)15-19(21)11-10-17-9-8-16(3)14-22(17)23/h8-9,12-15H,4-7,10-11,24H2,1-3H3. The van der Waals surface area contributed by atoms with Crippen LogP contribution in [0.5, 0.6) is 0 Å². The minimum atomic E-state index is 0.878. The van der Waals surface area contributed by atoms with Gasteiger partial charge in [-0.05, 0) is 72.6 Å². The number of benzene rings is 2. The summed E-state index contributed by atoms with van der Waals surface area (Å²) >= 11 is 0. The average Bonchev–Trinajstić information content (AvgIpc) is 2.71. The van der Waals surface area contributed by atoms with Gasteiger partial charge in [-0.2, -0.15) is 0 Å². The van der Waals surface area contributed by atoms with Crippen LogP contribution in [-0.2, 0) is 12.8 Å². The molecule has 0 bridgehead atoms. The Morgan fingerprint density at radius 3 is 2.29 bits per heavy atom. The average molecular weight is 319 g/mol. The summed E-state index contributed by atoms with van der Waals surface area (Å²) in [4.78, 5) is 0. The lowest BCUT2D eigenvalue weighted by molar-refractivity contribution is 0.806. The molecule has 1 heteroatoms. The van der Waals surface area contributed by atoms with Crippen LogP contribution in [-0.4, -0.2) is 0 Å². The van der Waals surface area contributed by atoms with Crippen LogP contribution in [0.3, 0.4) is 0 Å². The number of rotatable bonds is 4. The van der Waals surface area contributed by atoms with E-state index in [4.69, 9.17) is 5.73 Å². The Morgan fingerprint density at radius 2 is 1.58 bits per heavy atom. The second-order valence-electron chi connectivity index (χ2n) is 7.06. The molecule has 1 nitrogen and oxygen atoms in total. The van der Waals surface area contributed by atoms with Crippen molar-refractivity contribution in [2.75, 3.05) is 5.73 Å². The molecule has 3 rings (SSSR count). The van der Waals surface area contributed by atoms with E-state index in [2.05, 4.69) is 57.2 Å². The largest absolute Gasteiger partial charge is 0.399 e. The van der Waals surface area contributed by atoms with Crippen LogP contribution in [0.15, 0.2) is 42.0 Å². The summed E-state index contributed by atoms with van der Waals surface area (Å²) in [6.45, 7) is 6.77. The predicted octanol–water partition coefficient (Wildman–Crippen LogP) is 6.08. The molecule has 0 saturated heterocycles. The summed E-state index contributed by atoms with van der Waals surface area (Å²) in [5.74, 6) is 0. The van der Waals surface area contributed by atoms with Crippen LogP contribution in [0, 0.1) is 6.92 Å². The molecule has 2 aromatic rings. The molecule has 24 heavy (non-hydrogen) atoms. The van der Waals surface area contributed by atoms with Gasteiger partial charge in [0, 0.05) is 5.69 Å². The van der Waals surface area contributed by atoms with E-state index >= 15 is 0 Å². The highest BCUT2D eigenvalue weighted by molar-refractivity contribution is 5.86. The molecule has 0 amide bonds. The maximum Gasteiger partial charge on any atom is 0.0317 e. The van der Waals surface area contributed by atoms with Crippen molar-refractivity contribution in [1.29, 1.82) is 0 Å². The summed E-state index contributed by atoms with van der Waals surface area (Å²) in [5.41, 5.74) is 17.2. The Kier molecular flexibility index (Phi) is 5.08. The molecule has 0 unspecified atom stereocenters. The lowest BCUT2D eigenvalue weighted by Gasteiger charge is -2.19. The monoisotopic (exact) mass is 319 g/mol. The van der Waals surface area contributed by atoms with E-state index < -0.39 is 0 Å². The molecule has 2 aromatic carbocycles. The van der Waals surface area contributed by atoms with Crippen molar-refractivity contribution >= 4 is 11.3 Å². The van der Waals surface area contributed by atoms with Crippen molar-refractivity contribution in [2.45, 2.75) is 59.3 Å². The molecular formula is C23H29N. The van der Waals surface area contributed by atoms with Gasteiger partial charge in [0.15, 0.2) is 0 Å². The maximum atomic E-state index is 6.08. The molecule has 0 atom stereocenters. The molecule has 2 N–H and O–H groups in total. The SMILES string of the molecule is CCCC(CCC)=C1c2ccc(N)cc2CCc2ccc(C)cc21. The van der Waals surface area contributed by atoms with Crippen molar-refractivity contribution in [2.24, 2.45) is 0 Å². The van der Waals surface area contributed by atoms with Crippen LogP contribution < -0.4 is 5.73 Å². The van der Waals surface area contributed by atoms with Crippen molar-refractivity contribution in [3.05, 3.63) is 69.8 Å². The fourth-order valence-electron chi connectivity index (χ4n) is 3.98. The van der Waals surface area contributed by atoms with E-state index in [0.29, 0.717) is 0 Å². The number of allylic oxidation sites excluding steroid dienone is 1. The van der Waals surface area contributed by atoms with Crippen LogP contribution in [0.25, 0.3) is 5.57 Å². The summed E-state index contributed by atoms with van der Waals surface area (Å²) in [6, 6.07) is 13.5. The molecule has 1 aliphatic rings. The normalized spacial score (nSPS) is 13.2. The number of hydrogen-bond donors (Lipinski definition) is 1. The van der Waals surface area contributed by atoms with Gasteiger partial charge in [-0.25, -0.2) is 0 Å². The van der Waals surface area contributed by atoms with Gasteiger partial charge in [-0.1, -0.05) is 62.1 Å². The zero-order valence-corrected chi connectivity index (χ0v) is 15.3. The van der Waals surface area contributed by atoms with Crippen molar-refractivity contribution in [3.63, 3.8) is 0 Å². The van der Waals surface area contributed by atoms with Crippen LogP contribution in [0.4, 0.5) is 5.69 Å². The lowest BCUT2D eigenvalue weighted by Crippen LogP contribution is -2.00. The Bertz CT molecular complexity index is 760. The first-order valence-electron chi connectivity index (χ1n) is 9.34. The van der Waals surface area contributed by atoms with Gasteiger partial charge in [0.05, 0.1) is 0 Å². The van der Waals surface area contributed by atoms with Crippen molar-refractivity contribution in [1.82, 2.24) is 0 Å². The minimum Gasteiger partial charge on any atom is -0.399 e. The zero-order valence-electron chi connectivity index (χ0n) is 15.3. The highest BCUT2D eigenvalue weighted by atomic mass is 14.5. The highest BCUT2D eigenvalue weighted by Crippen LogP contribution is 2.39. The Balaban J connectivity index is 2.31. The van der Waals surface area contributed by atoms with Crippen molar-refractivity contribution < 1.29 is 0 Å². The molecule has 0 heterocycles. The number of hydrogen-bond acceptors (Lipinski definition) is 1. The number of anilines is 1. The fourth-order valence-corrected chi connectivity index (χ4v) is 3.98. The van der Waals surface area contributed by atoms with Gasteiger partial charge in [0.1, 0.15) is 0 Å². The molecule has 0 radical (unpaired) electrons. The first-order chi connectivity index (χ1) is 11.6. The second kappa shape index (κ2) is 7.25. The maximum absolute atomic E-state index is 6.08. The molecular weight excluding hydrogens is 290 g/mol. The first-order valence-corrected chi connectivity index (χ1v) is 9.34. The topological polar surface area (TPSA) is 26.0 Å². The molecule has 1 aliphatic carbocycles. The smallest absolute Gasteiger partial charge is 0.0317 e. The van der Waals surface area contributed by atoms with E-state index in [0.717, 1.165) is 18.5 Å². The number of nitrogens with two attached hydrogens (primary N) is 1. The van der Waals surface area contributed by atoms with E-state index in [-0.39, 0.29) is 0 Å². The molecule has 0 aromatic heterocycles. The number of aryl methyl sites for hydroxylation is 3. The number of fused-ring (bicyclic) bond motifs is 2. The predicted molar refractivity (Wildman–Crippen MR) is 105 cm³/mol. The third-order valence-electron chi connectivity index (χ3n) is 5.05. The van der Waals surface area contributed by atoms with E-state index in [1.165, 1.54) is 59.1 Å². The van der Waals surface area contributed by atoms with E-state index in [1.807, 2.05) is 0 Å². The lowest BCUT2D eigenvalue weighted by atomic mass is 9.86. The number of nitrogen functional groups attached to an aromatic ring is 1. The van der Waals surface area contributed by atoms with Crippen LogP contribution >= 0.6 is 0 Å². The third-order valence-corrected chi connectivity index (χ3v) is 5.05.